The summed E-state index contributed by atoms with van der Waals surface area (Å²) in [6.07, 6.45) is 7.26. The summed E-state index contributed by atoms with van der Waals surface area (Å²) < 4.78 is 0. The van der Waals surface area contributed by atoms with Crippen molar-refractivity contribution in [2.75, 3.05) is 0 Å². The normalized spacial score (nSPS) is 10.8. The zero-order valence-electron chi connectivity index (χ0n) is 19.5. The van der Waals surface area contributed by atoms with Crippen molar-refractivity contribution >= 4 is 0 Å². The van der Waals surface area contributed by atoms with E-state index >= 15 is 0 Å². The molecule has 0 amide bonds. The Bertz CT molecular complexity index is 1520. The van der Waals surface area contributed by atoms with Crippen molar-refractivity contribution in [3.8, 4) is 56.2 Å². The fraction of sp³-hybridized carbons (Fsp3) is 0. The van der Waals surface area contributed by atoms with Crippen LogP contribution in [0.2, 0.25) is 0 Å². The maximum atomic E-state index is 4.87. The molecule has 0 radical (unpaired) electrons. The van der Waals surface area contributed by atoms with Gasteiger partial charge in [0, 0.05) is 24.8 Å². The first-order chi connectivity index (χ1) is 17.8. The third-order valence-corrected chi connectivity index (χ3v) is 6.11. The summed E-state index contributed by atoms with van der Waals surface area (Å²) in [6.45, 7) is 0. The summed E-state index contributed by atoms with van der Waals surface area (Å²) in [5.41, 5.74) is 10.1. The number of hydrogen-bond acceptors (Lipinski definition) is 4. The van der Waals surface area contributed by atoms with Gasteiger partial charge in [0.05, 0.1) is 22.8 Å². The van der Waals surface area contributed by atoms with Crippen LogP contribution in [-0.2, 0) is 0 Å². The molecule has 4 nitrogen and oxygen atoms in total. The summed E-state index contributed by atoms with van der Waals surface area (Å²) >= 11 is 0. The smallest absolute Gasteiger partial charge is 0.0900 e. The van der Waals surface area contributed by atoms with Gasteiger partial charge in [-0.1, -0.05) is 66.7 Å². The molecule has 0 saturated heterocycles. The van der Waals surface area contributed by atoms with Gasteiger partial charge in [-0.3, -0.25) is 15.0 Å². The number of nitrogens with zero attached hydrogens (tertiary/aromatic N) is 4. The standard InChI is InChI=1S/C32H22N4/c1-3-18-34-29(7-1)31-20-28(21-32(36-31)30-8-2-4-19-35-30)26-15-11-24(12-16-26)23-9-13-25(14-10-23)27-6-5-17-33-22-27/h1-22H. The quantitative estimate of drug-likeness (QED) is 0.265. The SMILES string of the molecule is c1ccc(-c2cc(-c3ccc(-c4ccc(-c5cccnc5)cc4)cc3)cc(-c3ccccn3)n2)nc1. The van der Waals surface area contributed by atoms with Gasteiger partial charge in [-0.25, -0.2) is 4.98 Å². The monoisotopic (exact) mass is 462 g/mol. The fourth-order valence-electron chi connectivity index (χ4n) is 4.23. The second-order valence-corrected chi connectivity index (χ2v) is 8.45. The van der Waals surface area contributed by atoms with Crippen molar-refractivity contribution in [1.82, 2.24) is 19.9 Å². The first-order valence-electron chi connectivity index (χ1n) is 11.8. The highest BCUT2D eigenvalue weighted by molar-refractivity contribution is 5.77. The number of pyridine rings is 4. The minimum Gasteiger partial charge on any atom is -0.264 e. The molecule has 36 heavy (non-hydrogen) atoms. The summed E-state index contributed by atoms with van der Waals surface area (Å²) in [5, 5.41) is 0. The predicted octanol–water partition coefficient (Wildman–Crippen LogP) is 7.60. The van der Waals surface area contributed by atoms with Gasteiger partial charge in [-0.05, 0) is 75.8 Å². The second kappa shape index (κ2) is 9.72. The van der Waals surface area contributed by atoms with E-state index in [9.17, 15) is 0 Å². The van der Waals surface area contributed by atoms with Gasteiger partial charge in [0.1, 0.15) is 0 Å². The lowest BCUT2D eigenvalue weighted by Gasteiger charge is -2.10. The summed E-state index contributed by atoms with van der Waals surface area (Å²) in [6, 6.07) is 37.2. The molecule has 0 spiro atoms. The third-order valence-electron chi connectivity index (χ3n) is 6.11. The van der Waals surface area contributed by atoms with Crippen LogP contribution in [0.1, 0.15) is 0 Å². The fourth-order valence-corrected chi connectivity index (χ4v) is 4.23. The molecule has 4 heteroatoms. The summed E-state index contributed by atoms with van der Waals surface area (Å²) in [5.74, 6) is 0. The van der Waals surface area contributed by atoms with Gasteiger partial charge in [-0.15, -0.1) is 0 Å². The van der Waals surface area contributed by atoms with Crippen molar-refractivity contribution in [1.29, 1.82) is 0 Å². The average molecular weight is 463 g/mol. The first-order valence-corrected chi connectivity index (χ1v) is 11.8. The van der Waals surface area contributed by atoms with E-state index in [2.05, 4.69) is 81.7 Å². The zero-order valence-corrected chi connectivity index (χ0v) is 19.5. The molecule has 6 rings (SSSR count). The minimum absolute atomic E-state index is 0.823. The molecule has 0 unspecified atom stereocenters. The van der Waals surface area contributed by atoms with Crippen LogP contribution in [0.3, 0.4) is 0 Å². The molecule has 0 aliphatic rings. The second-order valence-electron chi connectivity index (χ2n) is 8.45. The first kappa shape index (κ1) is 21.6. The molecule has 4 aromatic heterocycles. The summed E-state index contributed by atoms with van der Waals surface area (Å²) in [7, 11) is 0. The van der Waals surface area contributed by atoms with Crippen molar-refractivity contribution in [2.24, 2.45) is 0 Å². The highest BCUT2D eigenvalue weighted by Crippen LogP contribution is 2.31. The van der Waals surface area contributed by atoms with Crippen LogP contribution >= 0.6 is 0 Å². The van der Waals surface area contributed by atoms with E-state index in [1.165, 1.54) is 11.1 Å². The molecule has 0 bridgehead atoms. The predicted molar refractivity (Wildman–Crippen MR) is 145 cm³/mol. The maximum absolute atomic E-state index is 4.87. The molecule has 0 atom stereocenters. The van der Waals surface area contributed by atoms with E-state index < -0.39 is 0 Å². The number of hydrogen-bond donors (Lipinski definition) is 0. The Labute approximate surface area is 210 Å². The lowest BCUT2D eigenvalue weighted by molar-refractivity contribution is 1.22. The van der Waals surface area contributed by atoms with E-state index in [1.807, 2.05) is 48.7 Å². The molecule has 170 valence electrons. The molecule has 0 fully saturated rings. The van der Waals surface area contributed by atoms with Crippen molar-refractivity contribution in [3.05, 3.63) is 134 Å². The number of benzene rings is 2. The van der Waals surface area contributed by atoms with Crippen molar-refractivity contribution in [2.45, 2.75) is 0 Å². The van der Waals surface area contributed by atoms with Crippen molar-refractivity contribution < 1.29 is 0 Å². The Morgan fingerprint density at radius 3 is 1.31 bits per heavy atom. The molecule has 6 aromatic rings. The van der Waals surface area contributed by atoms with Gasteiger partial charge in [0.15, 0.2) is 0 Å². The zero-order chi connectivity index (χ0) is 24.2. The lowest BCUT2D eigenvalue weighted by atomic mass is 9.97. The maximum Gasteiger partial charge on any atom is 0.0900 e. The highest BCUT2D eigenvalue weighted by Gasteiger charge is 2.10. The molecule has 0 aliphatic heterocycles. The van der Waals surface area contributed by atoms with E-state index in [0.29, 0.717) is 0 Å². The van der Waals surface area contributed by atoms with E-state index in [0.717, 1.165) is 45.0 Å². The molecule has 0 saturated carbocycles. The van der Waals surface area contributed by atoms with Crippen LogP contribution in [0, 0.1) is 0 Å². The van der Waals surface area contributed by atoms with E-state index in [1.54, 1.807) is 18.6 Å². The van der Waals surface area contributed by atoms with E-state index in [4.69, 9.17) is 4.98 Å². The minimum atomic E-state index is 0.823. The average Bonchev–Trinajstić information content (AvgIpc) is 2.98. The van der Waals surface area contributed by atoms with Gasteiger partial charge < -0.3 is 0 Å². The largest absolute Gasteiger partial charge is 0.264 e. The Morgan fingerprint density at radius 1 is 0.361 bits per heavy atom. The molecular formula is C32H22N4. The van der Waals surface area contributed by atoms with Gasteiger partial charge in [0.2, 0.25) is 0 Å². The Morgan fingerprint density at radius 2 is 0.861 bits per heavy atom. The molecule has 0 aliphatic carbocycles. The molecule has 4 heterocycles. The van der Waals surface area contributed by atoms with Gasteiger partial charge in [-0.2, -0.15) is 0 Å². The van der Waals surface area contributed by atoms with Crippen molar-refractivity contribution in [3.63, 3.8) is 0 Å². The Balaban J connectivity index is 1.35. The van der Waals surface area contributed by atoms with Crippen LogP contribution in [0.15, 0.2) is 134 Å². The highest BCUT2D eigenvalue weighted by atomic mass is 14.8. The van der Waals surface area contributed by atoms with Gasteiger partial charge >= 0.3 is 0 Å². The van der Waals surface area contributed by atoms with Crippen LogP contribution in [0.4, 0.5) is 0 Å². The number of rotatable bonds is 5. The molecular weight excluding hydrogens is 440 g/mol. The molecule has 0 N–H and O–H groups in total. The Kier molecular flexibility index (Phi) is 5.83. The number of aromatic nitrogens is 4. The van der Waals surface area contributed by atoms with E-state index in [-0.39, 0.29) is 0 Å². The van der Waals surface area contributed by atoms with Gasteiger partial charge in [0.25, 0.3) is 0 Å². The molecule has 2 aromatic carbocycles. The Hall–Kier alpha value is -4.96. The topological polar surface area (TPSA) is 51.6 Å². The van der Waals surface area contributed by atoms with Crippen LogP contribution in [0.25, 0.3) is 56.2 Å². The summed E-state index contributed by atoms with van der Waals surface area (Å²) in [4.78, 5) is 18.1. The van der Waals surface area contributed by atoms with Crippen LogP contribution < -0.4 is 0 Å². The lowest BCUT2D eigenvalue weighted by Crippen LogP contribution is -1.93. The van der Waals surface area contributed by atoms with Crippen LogP contribution in [-0.4, -0.2) is 19.9 Å². The third kappa shape index (κ3) is 4.52. The van der Waals surface area contributed by atoms with Crippen LogP contribution in [0.5, 0.6) is 0 Å².